The number of nitrogens with one attached hydrogen (secondary N) is 1. The van der Waals surface area contributed by atoms with Gasteiger partial charge in [-0.3, -0.25) is 4.79 Å². The van der Waals surface area contributed by atoms with Crippen LogP contribution in [-0.2, 0) is 4.79 Å². The Morgan fingerprint density at radius 2 is 2.06 bits per heavy atom. The first-order valence-corrected chi connectivity index (χ1v) is 5.22. The Balaban J connectivity index is 3.01. The van der Waals surface area contributed by atoms with E-state index in [1.54, 1.807) is 24.3 Å². The molecule has 5 nitrogen and oxygen atoms in total. The summed E-state index contributed by atoms with van der Waals surface area (Å²) >= 11 is 5.87. The van der Waals surface area contributed by atoms with Gasteiger partial charge >= 0.3 is 0 Å². The molecule has 1 rings (SSSR count). The zero-order valence-electron chi connectivity index (χ0n) is 9.44. The topological polar surface area (TPSA) is 74.0 Å². The van der Waals surface area contributed by atoms with Crippen LogP contribution >= 0.6 is 11.6 Å². The minimum absolute atomic E-state index is 0.146. The van der Waals surface area contributed by atoms with E-state index in [-0.39, 0.29) is 11.5 Å². The van der Waals surface area contributed by atoms with Gasteiger partial charge < -0.3 is 10.4 Å². The number of hydrogen-bond donors (Lipinski definition) is 2. The van der Waals surface area contributed by atoms with Gasteiger partial charge in [-0.25, -0.2) is 0 Å². The molecule has 0 unspecified atom stereocenters. The van der Waals surface area contributed by atoms with Crippen molar-refractivity contribution in [3.05, 3.63) is 40.7 Å². The fourth-order valence-corrected chi connectivity index (χ4v) is 1.21. The van der Waals surface area contributed by atoms with Crippen LogP contribution in [0.3, 0.4) is 0 Å². The number of rotatable bonds is 3. The van der Waals surface area contributed by atoms with Crippen molar-refractivity contribution >= 4 is 23.2 Å². The molecule has 0 spiro atoms. The normalized spacial score (nSPS) is 12.4. The number of likely N-dealkylation sites (N-methyl/N-ethyl adjacent to an activating group) is 1. The van der Waals surface area contributed by atoms with Gasteiger partial charge in [-0.05, 0) is 19.1 Å². The highest BCUT2D eigenvalue weighted by atomic mass is 35.5. The van der Waals surface area contributed by atoms with Crippen molar-refractivity contribution < 1.29 is 9.90 Å². The molecule has 6 heteroatoms. The average molecular weight is 254 g/mol. The van der Waals surface area contributed by atoms with E-state index in [1.165, 1.54) is 14.0 Å². The summed E-state index contributed by atoms with van der Waals surface area (Å²) in [5, 5.41) is 19.6. The minimum atomic E-state index is -0.513. The second kappa shape index (κ2) is 6.00. The zero-order valence-corrected chi connectivity index (χ0v) is 10.2. The van der Waals surface area contributed by atoms with E-state index in [2.05, 4.69) is 15.5 Å². The van der Waals surface area contributed by atoms with Gasteiger partial charge in [-0.15, -0.1) is 10.2 Å². The standard InChI is InChI=1S/C11H12ClN3O2/c1-7(16)10(11(17)13-2)15-14-9-6-4-3-5-8(9)12/h3-6,16H,1-2H3,(H,13,17)/b10-7+,15-14?. The van der Waals surface area contributed by atoms with E-state index in [0.717, 1.165) is 0 Å². The lowest BCUT2D eigenvalue weighted by molar-refractivity contribution is -0.117. The molecular weight excluding hydrogens is 242 g/mol. The fourth-order valence-electron chi connectivity index (χ4n) is 1.04. The van der Waals surface area contributed by atoms with E-state index in [0.29, 0.717) is 10.7 Å². The predicted molar refractivity (Wildman–Crippen MR) is 65.4 cm³/mol. The summed E-state index contributed by atoms with van der Waals surface area (Å²) in [6.07, 6.45) is 0. The number of nitrogens with zero attached hydrogens (tertiary/aromatic N) is 2. The maximum atomic E-state index is 11.3. The lowest BCUT2D eigenvalue weighted by Crippen LogP contribution is -2.20. The molecule has 0 radical (unpaired) electrons. The van der Waals surface area contributed by atoms with Crippen LogP contribution in [0.5, 0.6) is 0 Å². The van der Waals surface area contributed by atoms with Gasteiger partial charge in [0, 0.05) is 7.05 Å². The lowest BCUT2D eigenvalue weighted by Gasteiger charge is -2.00. The zero-order chi connectivity index (χ0) is 12.8. The maximum absolute atomic E-state index is 11.3. The summed E-state index contributed by atoms with van der Waals surface area (Å²) in [4.78, 5) is 11.3. The predicted octanol–water partition coefficient (Wildman–Crippen LogP) is 2.96. The second-order valence-corrected chi connectivity index (χ2v) is 3.57. The van der Waals surface area contributed by atoms with Crippen LogP contribution in [0.1, 0.15) is 6.92 Å². The monoisotopic (exact) mass is 253 g/mol. The van der Waals surface area contributed by atoms with Crippen molar-refractivity contribution in [3.8, 4) is 0 Å². The van der Waals surface area contributed by atoms with Gasteiger partial charge in [0.15, 0.2) is 5.70 Å². The molecule has 1 amide bonds. The van der Waals surface area contributed by atoms with E-state index in [9.17, 15) is 9.90 Å². The van der Waals surface area contributed by atoms with Crippen molar-refractivity contribution in [1.82, 2.24) is 5.32 Å². The summed E-state index contributed by atoms with van der Waals surface area (Å²) in [5.74, 6) is -0.721. The maximum Gasteiger partial charge on any atom is 0.275 e. The van der Waals surface area contributed by atoms with Gasteiger partial charge in [0.1, 0.15) is 11.4 Å². The van der Waals surface area contributed by atoms with Crippen molar-refractivity contribution in [2.45, 2.75) is 6.92 Å². The van der Waals surface area contributed by atoms with E-state index in [1.807, 2.05) is 0 Å². The number of azo groups is 1. The molecule has 0 aliphatic heterocycles. The van der Waals surface area contributed by atoms with Crippen LogP contribution in [0.2, 0.25) is 5.02 Å². The van der Waals surface area contributed by atoms with Gasteiger partial charge in [-0.1, -0.05) is 23.7 Å². The number of halogens is 1. The summed E-state index contributed by atoms with van der Waals surface area (Å²) in [5.41, 5.74) is 0.282. The number of amides is 1. The number of aliphatic hydroxyl groups is 1. The average Bonchev–Trinajstić information content (AvgIpc) is 2.30. The molecule has 90 valence electrons. The summed E-state index contributed by atoms with van der Waals surface area (Å²) in [6, 6.07) is 6.81. The molecule has 0 aliphatic carbocycles. The van der Waals surface area contributed by atoms with Gasteiger partial charge in [0.2, 0.25) is 0 Å². The van der Waals surface area contributed by atoms with E-state index < -0.39 is 5.91 Å². The summed E-state index contributed by atoms with van der Waals surface area (Å²) in [7, 11) is 1.44. The Labute approximate surface area is 104 Å². The highest BCUT2D eigenvalue weighted by molar-refractivity contribution is 6.32. The number of benzene rings is 1. The van der Waals surface area contributed by atoms with Crippen LogP contribution in [0.25, 0.3) is 0 Å². The van der Waals surface area contributed by atoms with Crippen LogP contribution in [0.15, 0.2) is 46.0 Å². The molecular formula is C11H12ClN3O2. The van der Waals surface area contributed by atoms with E-state index in [4.69, 9.17) is 11.6 Å². The number of aliphatic hydroxyl groups excluding tert-OH is 1. The highest BCUT2D eigenvalue weighted by Gasteiger charge is 2.10. The summed E-state index contributed by atoms with van der Waals surface area (Å²) in [6.45, 7) is 1.36. The Morgan fingerprint density at radius 1 is 1.41 bits per heavy atom. The summed E-state index contributed by atoms with van der Waals surface area (Å²) < 4.78 is 0. The number of carbonyl (C=O) groups is 1. The minimum Gasteiger partial charge on any atom is -0.510 e. The molecule has 0 fully saturated rings. The van der Waals surface area contributed by atoms with Crippen molar-refractivity contribution in [1.29, 1.82) is 0 Å². The van der Waals surface area contributed by atoms with Gasteiger partial charge in [-0.2, -0.15) is 0 Å². The molecule has 17 heavy (non-hydrogen) atoms. The Bertz CT molecular complexity index is 479. The largest absolute Gasteiger partial charge is 0.510 e. The van der Waals surface area contributed by atoms with Crippen LogP contribution in [0, 0.1) is 0 Å². The third-order valence-electron chi connectivity index (χ3n) is 1.90. The third kappa shape index (κ3) is 3.57. The quantitative estimate of drug-likeness (QED) is 0.494. The Kier molecular flexibility index (Phi) is 4.66. The van der Waals surface area contributed by atoms with Crippen molar-refractivity contribution in [2.24, 2.45) is 10.2 Å². The van der Waals surface area contributed by atoms with E-state index >= 15 is 0 Å². The lowest BCUT2D eigenvalue weighted by atomic mass is 10.3. The first-order valence-electron chi connectivity index (χ1n) is 4.84. The fraction of sp³-hybridized carbons (Fsp3) is 0.182. The molecule has 0 bridgehead atoms. The molecule has 0 saturated heterocycles. The number of carbonyl (C=O) groups excluding carboxylic acids is 1. The van der Waals surface area contributed by atoms with Crippen LogP contribution < -0.4 is 5.32 Å². The van der Waals surface area contributed by atoms with Crippen molar-refractivity contribution in [2.75, 3.05) is 7.05 Å². The van der Waals surface area contributed by atoms with Gasteiger partial charge in [0.25, 0.3) is 5.91 Å². The molecule has 0 heterocycles. The van der Waals surface area contributed by atoms with Crippen LogP contribution in [-0.4, -0.2) is 18.1 Å². The second-order valence-electron chi connectivity index (χ2n) is 3.16. The Morgan fingerprint density at radius 3 is 2.59 bits per heavy atom. The van der Waals surface area contributed by atoms with Crippen molar-refractivity contribution in [3.63, 3.8) is 0 Å². The van der Waals surface area contributed by atoms with Gasteiger partial charge in [0.05, 0.1) is 5.02 Å². The smallest absolute Gasteiger partial charge is 0.275 e. The molecule has 0 aromatic heterocycles. The third-order valence-corrected chi connectivity index (χ3v) is 2.21. The Hall–Kier alpha value is -1.88. The highest BCUT2D eigenvalue weighted by Crippen LogP contribution is 2.24. The molecule has 1 aromatic carbocycles. The number of hydrogen-bond acceptors (Lipinski definition) is 4. The molecule has 0 aliphatic rings. The molecule has 0 atom stereocenters. The SMILES string of the molecule is CNC(=O)/C(N=Nc1ccccc1Cl)=C(/C)O. The molecule has 1 aromatic rings. The van der Waals surface area contributed by atoms with Crippen LogP contribution in [0.4, 0.5) is 5.69 Å². The molecule has 0 saturated carbocycles. The molecule has 2 N–H and O–H groups in total. The number of allylic oxidation sites excluding steroid dienone is 1. The first kappa shape index (κ1) is 13.2. The first-order chi connectivity index (χ1) is 8.06.